The van der Waals surface area contributed by atoms with E-state index in [2.05, 4.69) is 25.5 Å². The Morgan fingerprint density at radius 3 is 2.83 bits per heavy atom. The Kier molecular flexibility index (Phi) is 5.02. The first-order chi connectivity index (χ1) is 11.6. The molecule has 24 heavy (non-hydrogen) atoms. The molecular formula is C15H13N5O2S2. The van der Waals surface area contributed by atoms with Crippen LogP contribution >= 0.6 is 23.1 Å². The molecule has 9 heteroatoms. The third-order valence-corrected chi connectivity index (χ3v) is 4.63. The molecule has 2 N–H and O–H groups in total. The van der Waals surface area contributed by atoms with E-state index in [1.54, 1.807) is 6.92 Å². The fourth-order valence-electron chi connectivity index (χ4n) is 1.90. The van der Waals surface area contributed by atoms with Crippen molar-refractivity contribution in [2.75, 3.05) is 5.32 Å². The summed E-state index contributed by atoms with van der Waals surface area (Å²) in [7, 11) is 0. The minimum atomic E-state index is -0.455. The summed E-state index contributed by atoms with van der Waals surface area (Å²) in [6, 6.07) is 10.8. The average molecular weight is 359 g/mol. The average Bonchev–Trinajstić information content (AvgIpc) is 3.08. The number of carbonyl (C=O) groups is 1. The van der Waals surface area contributed by atoms with E-state index in [1.807, 2.05) is 30.3 Å². The van der Waals surface area contributed by atoms with Gasteiger partial charge in [0.05, 0.1) is 10.9 Å². The number of amides is 1. The summed E-state index contributed by atoms with van der Waals surface area (Å²) >= 11 is 2.41. The summed E-state index contributed by atoms with van der Waals surface area (Å²) in [4.78, 5) is 31.1. The molecule has 1 unspecified atom stereocenters. The van der Waals surface area contributed by atoms with E-state index in [4.69, 9.17) is 0 Å². The summed E-state index contributed by atoms with van der Waals surface area (Å²) in [5.41, 5.74) is 2.69. The van der Waals surface area contributed by atoms with Gasteiger partial charge in [-0.1, -0.05) is 53.4 Å². The molecule has 0 radical (unpaired) electrons. The van der Waals surface area contributed by atoms with Gasteiger partial charge in [-0.2, -0.15) is 0 Å². The minimum absolute atomic E-state index is 0.232. The normalized spacial score (nSPS) is 11.9. The van der Waals surface area contributed by atoms with Crippen LogP contribution in [-0.2, 0) is 4.79 Å². The number of benzene rings is 1. The van der Waals surface area contributed by atoms with Crippen LogP contribution in [0.2, 0.25) is 0 Å². The highest BCUT2D eigenvalue weighted by Gasteiger charge is 2.17. The van der Waals surface area contributed by atoms with E-state index in [0.29, 0.717) is 16.0 Å². The molecule has 2 heterocycles. The summed E-state index contributed by atoms with van der Waals surface area (Å²) in [5, 5.41) is 10.5. The van der Waals surface area contributed by atoms with Crippen LogP contribution in [0.3, 0.4) is 0 Å². The van der Waals surface area contributed by atoms with Gasteiger partial charge in [0, 0.05) is 11.6 Å². The summed E-state index contributed by atoms with van der Waals surface area (Å²) in [5.74, 6) is -0.232. The Morgan fingerprint density at radius 2 is 2.12 bits per heavy atom. The van der Waals surface area contributed by atoms with Crippen LogP contribution in [0, 0.1) is 0 Å². The van der Waals surface area contributed by atoms with E-state index in [-0.39, 0.29) is 11.5 Å². The number of thioether (sulfide) groups is 1. The maximum atomic E-state index is 12.1. The van der Waals surface area contributed by atoms with Crippen molar-refractivity contribution in [3.05, 3.63) is 52.3 Å². The third kappa shape index (κ3) is 4.06. The van der Waals surface area contributed by atoms with Crippen molar-refractivity contribution < 1.29 is 4.79 Å². The Balaban J connectivity index is 1.76. The highest BCUT2D eigenvalue weighted by atomic mass is 32.2. The van der Waals surface area contributed by atoms with E-state index in [0.717, 1.165) is 5.56 Å². The number of aromatic amines is 1. The molecular weight excluding hydrogens is 346 g/mol. The smallest absolute Gasteiger partial charge is 0.252 e. The molecule has 3 aromatic rings. The predicted octanol–water partition coefficient (Wildman–Crippen LogP) is 2.41. The molecule has 2 aromatic heterocycles. The van der Waals surface area contributed by atoms with Crippen LogP contribution in [0.5, 0.6) is 0 Å². The minimum Gasteiger partial charge on any atom is -0.301 e. The van der Waals surface area contributed by atoms with Crippen LogP contribution in [-0.4, -0.2) is 31.3 Å². The molecule has 1 aromatic carbocycles. The van der Waals surface area contributed by atoms with Crippen molar-refractivity contribution in [2.45, 2.75) is 17.3 Å². The lowest BCUT2D eigenvalue weighted by Gasteiger charge is -2.10. The highest BCUT2D eigenvalue weighted by Crippen LogP contribution is 2.23. The van der Waals surface area contributed by atoms with Gasteiger partial charge >= 0.3 is 0 Å². The molecule has 0 bridgehead atoms. The predicted molar refractivity (Wildman–Crippen MR) is 94.2 cm³/mol. The van der Waals surface area contributed by atoms with Crippen molar-refractivity contribution >= 4 is 34.1 Å². The monoisotopic (exact) mass is 359 g/mol. The molecule has 0 fully saturated rings. The molecule has 3 rings (SSSR count). The van der Waals surface area contributed by atoms with E-state index in [9.17, 15) is 9.59 Å². The largest absolute Gasteiger partial charge is 0.301 e. The zero-order valence-corrected chi connectivity index (χ0v) is 14.2. The van der Waals surface area contributed by atoms with Gasteiger partial charge in [0.1, 0.15) is 5.51 Å². The number of rotatable bonds is 5. The first-order valence-corrected chi connectivity index (χ1v) is 8.78. The number of nitrogens with one attached hydrogen (secondary N) is 2. The van der Waals surface area contributed by atoms with Gasteiger partial charge in [0.25, 0.3) is 5.56 Å². The van der Waals surface area contributed by atoms with Crippen LogP contribution in [0.15, 0.2) is 51.9 Å². The number of H-pyrrole nitrogens is 1. The first-order valence-electron chi connectivity index (χ1n) is 7.02. The standard InChI is InChI=1S/C15H13N5O2S2/c1-9(13(22)19-15-20-16-8-23-15)24-14-17-11(7-12(21)18-14)10-5-3-2-4-6-10/h2-9H,1H3,(H,17,18,21)(H,19,20,22). The lowest BCUT2D eigenvalue weighted by atomic mass is 10.1. The van der Waals surface area contributed by atoms with Gasteiger partial charge in [-0.25, -0.2) is 4.98 Å². The lowest BCUT2D eigenvalue weighted by molar-refractivity contribution is -0.115. The second-order valence-corrected chi connectivity index (χ2v) is 6.96. The van der Waals surface area contributed by atoms with Crippen molar-refractivity contribution in [2.24, 2.45) is 0 Å². The maximum Gasteiger partial charge on any atom is 0.252 e. The number of nitrogens with zero attached hydrogens (tertiary/aromatic N) is 3. The van der Waals surface area contributed by atoms with Crippen LogP contribution < -0.4 is 10.9 Å². The zero-order valence-electron chi connectivity index (χ0n) is 12.6. The maximum absolute atomic E-state index is 12.1. The van der Waals surface area contributed by atoms with Crippen LogP contribution in [0.4, 0.5) is 5.13 Å². The van der Waals surface area contributed by atoms with Gasteiger partial charge in [-0.3, -0.25) is 14.9 Å². The SMILES string of the molecule is CC(Sc1nc(-c2ccccc2)cc(=O)[nH]1)C(=O)Nc1nncs1. The van der Waals surface area contributed by atoms with Crippen LogP contribution in [0.1, 0.15) is 6.92 Å². The molecule has 7 nitrogen and oxygen atoms in total. The number of carbonyl (C=O) groups excluding carboxylic acids is 1. The van der Waals surface area contributed by atoms with Crippen molar-refractivity contribution in [3.8, 4) is 11.3 Å². The topological polar surface area (TPSA) is 101 Å². The van der Waals surface area contributed by atoms with Crippen LogP contribution in [0.25, 0.3) is 11.3 Å². The fraction of sp³-hybridized carbons (Fsp3) is 0.133. The summed E-state index contributed by atoms with van der Waals surface area (Å²) in [6.45, 7) is 1.73. The second-order valence-electron chi connectivity index (χ2n) is 4.80. The van der Waals surface area contributed by atoms with Crippen molar-refractivity contribution in [1.29, 1.82) is 0 Å². The van der Waals surface area contributed by atoms with E-state index >= 15 is 0 Å². The molecule has 0 aliphatic carbocycles. The molecule has 0 aliphatic rings. The molecule has 0 spiro atoms. The van der Waals surface area contributed by atoms with Gasteiger partial charge in [0.2, 0.25) is 11.0 Å². The highest BCUT2D eigenvalue weighted by molar-refractivity contribution is 8.00. The summed E-state index contributed by atoms with van der Waals surface area (Å²) < 4.78 is 0. The Morgan fingerprint density at radius 1 is 1.33 bits per heavy atom. The quantitative estimate of drug-likeness (QED) is 0.536. The van der Waals surface area contributed by atoms with Gasteiger partial charge < -0.3 is 4.98 Å². The van der Waals surface area contributed by atoms with Gasteiger partial charge in [-0.05, 0) is 6.92 Å². The molecule has 0 saturated heterocycles. The van der Waals surface area contributed by atoms with Crippen molar-refractivity contribution in [3.63, 3.8) is 0 Å². The molecule has 1 amide bonds. The Labute approximate surface area is 145 Å². The van der Waals surface area contributed by atoms with Gasteiger partial charge in [0.15, 0.2) is 5.16 Å². The second kappa shape index (κ2) is 7.37. The number of aromatic nitrogens is 4. The number of anilines is 1. The zero-order chi connectivity index (χ0) is 16.9. The lowest BCUT2D eigenvalue weighted by Crippen LogP contribution is -2.23. The number of hydrogen-bond donors (Lipinski definition) is 2. The third-order valence-electron chi connectivity index (χ3n) is 3.04. The van der Waals surface area contributed by atoms with E-state index < -0.39 is 5.25 Å². The molecule has 0 saturated carbocycles. The molecule has 122 valence electrons. The molecule has 0 aliphatic heterocycles. The fourth-order valence-corrected chi connectivity index (χ4v) is 3.16. The van der Waals surface area contributed by atoms with Crippen molar-refractivity contribution in [1.82, 2.24) is 20.2 Å². The first kappa shape index (κ1) is 16.3. The van der Waals surface area contributed by atoms with Gasteiger partial charge in [-0.15, -0.1) is 10.2 Å². The molecule has 1 atom stereocenters. The Hall–Kier alpha value is -2.52. The number of hydrogen-bond acceptors (Lipinski definition) is 7. The summed E-state index contributed by atoms with van der Waals surface area (Å²) in [6.07, 6.45) is 0. The van der Waals surface area contributed by atoms with E-state index in [1.165, 1.54) is 34.7 Å². The Bertz CT molecular complexity index is 880.